The van der Waals surface area contributed by atoms with Crippen molar-refractivity contribution in [1.82, 2.24) is 0 Å². The average Bonchev–Trinajstić information content (AvgIpc) is 3.23. The fraction of sp³-hybridized carbons (Fsp3) is 0.667. The van der Waals surface area contributed by atoms with Gasteiger partial charge in [0.2, 0.25) is 0 Å². The number of carbonyl (C=O) groups is 2. The lowest BCUT2D eigenvalue weighted by molar-refractivity contribution is -0.161. The van der Waals surface area contributed by atoms with Gasteiger partial charge in [-0.15, -0.1) is 0 Å². The number of aliphatic hydroxyl groups is 3. The van der Waals surface area contributed by atoms with Crippen LogP contribution in [0.3, 0.4) is 0 Å². The van der Waals surface area contributed by atoms with E-state index in [-0.39, 0.29) is 19.4 Å². The molecule has 0 aromatic heterocycles. The molecule has 0 aromatic carbocycles. The first-order valence-electron chi connectivity index (χ1n) is 22.7. The monoisotopic (exact) mass is 865 g/mol. The summed E-state index contributed by atoms with van der Waals surface area (Å²) in [4.78, 5) is 35.0. The molecule has 0 spiro atoms. The molecule has 11 nitrogen and oxygen atoms in total. The van der Waals surface area contributed by atoms with Gasteiger partial charge in [0, 0.05) is 12.8 Å². The molecule has 2 unspecified atom stereocenters. The van der Waals surface area contributed by atoms with Gasteiger partial charge in [0.05, 0.1) is 25.9 Å². The molecule has 60 heavy (non-hydrogen) atoms. The normalized spacial score (nSPS) is 15.1. The van der Waals surface area contributed by atoms with Gasteiger partial charge in [-0.05, 0) is 70.6 Å². The zero-order valence-electron chi connectivity index (χ0n) is 37.0. The van der Waals surface area contributed by atoms with Crippen molar-refractivity contribution in [3.63, 3.8) is 0 Å². The minimum absolute atomic E-state index is 0.0386. The summed E-state index contributed by atoms with van der Waals surface area (Å²) >= 11 is 0. The number of carbonyl (C=O) groups excluding carboxylic acids is 2. The summed E-state index contributed by atoms with van der Waals surface area (Å²) in [6.45, 7) is 2.06. The minimum atomic E-state index is -4.65. The molecule has 0 amide bonds. The number of ether oxygens (including phenoxy) is 2. The van der Waals surface area contributed by atoms with E-state index in [9.17, 15) is 29.3 Å². The zero-order valence-corrected chi connectivity index (χ0v) is 37.9. The molecule has 4 N–H and O–H groups in total. The Kier molecular flexibility index (Phi) is 40.7. The second-order valence-corrected chi connectivity index (χ2v) is 16.3. The zero-order chi connectivity index (χ0) is 44.2. The van der Waals surface area contributed by atoms with E-state index in [1.54, 1.807) is 6.08 Å². The molecule has 344 valence electrons. The third-order valence-electron chi connectivity index (χ3n) is 9.13. The van der Waals surface area contributed by atoms with Crippen LogP contribution in [0.25, 0.3) is 0 Å². The number of phosphoric acid groups is 1. The Hall–Kier alpha value is -2.89. The van der Waals surface area contributed by atoms with Gasteiger partial charge in [0.1, 0.15) is 12.7 Å². The molecular weight excluding hydrogens is 783 g/mol. The number of hydrogen-bond donors (Lipinski definition) is 4. The average molecular weight is 865 g/mol. The van der Waals surface area contributed by atoms with Crippen LogP contribution in [0.2, 0.25) is 0 Å². The van der Waals surface area contributed by atoms with Gasteiger partial charge in [-0.3, -0.25) is 18.6 Å². The van der Waals surface area contributed by atoms with Gasteiger partial charge in [0.15, 0.2) is 6.10 Å². The summed E-state index contributed by atoms with van der Waals surface area (Å²) in [5, 5.41) is 28.2. The number of hydrogen-bond acceptors (Lipinski definition) is 10. The number of esters is 2. The molecule has 0 rings (SSSR count). The van der Waals surface area contributed by atoms with Crippen LogP contribution >= 0.6 is 7.82 Å². The summed E-state index contributed by atoms with van der Waals surface area (Å²) in [7, 11) is -4.65. The van der Waals surface area contributed by atoms with Crippen LogP contribution in [0.5, 0.6) is 0 Å². The van der Waals surface area contributed by atoms with E-state index in [0.29, 0.717) is 25.7 Å². The number of allylic oxidation sites excluding steroid dienone is 12. The second-order valence-electron chi connectivity index (χ2n) is 14.9. The molecule has 0 aliphatic carbocycles. The Bertz CT molecular complexity index is 1290. The predicted molar refractivity (Wildman–Crippen MR) is 243 cm³/mol. The first-order valence-corrected chi connectivity index (χ1v) is 24.1. The highest BCUT2D eigenvalue weighted by molar-refractivity contribution is 7.47. The van der Waals surface area contributed by atoms with Gasteiger partial charge in [-0.25, -0.2) is 4.57 Å². The van der Waals surface area contributed by atoms with Crippen LogP contribution in [0.4, 0.5) is 0 Å². The highest BCUT2D eigenvalue weighted by atomic mass is 31.2. The van der Waals surface area contributed by atoms with Crippen molar-refractivity contribution in [2.75, 3.05) is 26.4 Å². The van der Waals surface area contributed by atoms with E-state index in [0.717, 1.165) is 44.9 Å². The summed E-state index contributed by atoms with van der Waals surface area (Å²) in [5.41, 5.74) is 0. The maximum absolute atomic E-state index is 12.6. The molecule has 0 aromatic rings. The Morgan fingerprint density at radius 2 is 1.13 bits per heavy atom. The largest absolute Gasteiger partial charge is 0.472 e. The van der Waals surface area contributed by atoms with Crippen molar-refractivity contribution in [2.45, 2.75) is 180 Å². The van der Waals surface area contributed by atoms with E-state index < -0.39 is 57.9 Å². The highest BCUT2D eigenvalue weighted by Crippen LogP contribution is 2.43. The van der Waals surface area contributed by atoms with Crippen molar-refractivity contribution in [3.05, 3.63) is 85.1 Å². The van der Waals surface area contributed by atoms with Crippen LogP contribution < -0.4 is 0 Å². The van der Waals surface area contributed by atoms with Gasteiger partial charge in [-0.1, -0.05) is 163 Å². The predicted octanol–water partition coefficient (Wildman–Crippen LogP) is 11.2. The van der Waals surface area contributed by atoms with Gasteiger partial charge in [0.25, 0.3) is 0 Å². The van der Waals surface area contributed by atoms with Gasteiger partial charge >= 0.3 is 19.8 Å². The topological polar surface area (TPSA) is 169 Å². The molecule has 0 saturated carbocycles. The third kappa shape index (κ3) is 41.8. The van der Waals surface area contributed by atoms with Crippen LogP contribution in [-0.4, -0.2) is 76.9 Å². The molecule has 0 bridgehead atoms. The molecule has 12 heteroatoms. The number of phosphoric ester groups is 1. The maximum atomic E-state index is 12.6. The number of rotatable bonds is 41. The fourth-order valence-corrected chi connectivity index (χ4v) is 6.42. The first kappa shape index (κ1) is 57.1. The lowest BCUT2D eigenvalue weighted by atomic mass is 10.1. The van der Waals surface area contributed by atoms with Crippen LogP contribution in [-0.2, 0) is 32.7 Å². The van der Waals surface area contributed by atoms with Crippen LogP contribution in [0.1, 0.15) is 162 Å². The first-order chi connectivity index (χ1) is 29.1. The van der Waals surface area contributed by atoms with Gasteiger partial charge in [-0.2, -0.15) is 0 Å². The fourth-order valence-electron chi connectivity index (χ4n) is 5.63. The molecule has 0 fully saturated rings. The molecule has 0 aliphatic rings. The molecule has 4 atom stereocenters. The van der Waals surface area contributed by atoms with Crippen molar-refractivity contribution in [3.8, 4) is 0 Å². The standard InChI is InChI=1S/C48H81O11P/c1-3-5-7-8-9-10-11-12-13-14-15-18-21-24-27-30-34-38-47(52)56-42-46(43-58-60(54,55)57-41-45(51)40-49)59-48(53)39-35-31-28-25-22-19-16-17-20-23-26-29-33-37-44(50)36-32-6-4-2/h6,12-13,17,19-20,22,26,28-29,31-33,37,44-46,49-51H,3-5,7-11,14-16,18,21,23-25,27,30,34-36,38-43H2,1-2H3,(H,54,55)/b13-12-,20-17-,22-19-,29-26+,31-28-,32-6-,37-33+/t44?,45-,46+/m0/s1. The van der Waals surface area contributed by atoms with Crippen molar-refractivity contribution in [1.29, 1.82) is 0 Å². The van der Waals surface area contributed by atoms with E-state index >= 15 is 0 Å². The van der Waals surface area contributed by atoms with Crippen molar-refractivity contribution >= 4 is 19.8 Å². The van der Waals surface area contributed by atoms with Crippen molar-refractivity contribution < 1.29 is 52.9 Å². The van der Waals surface area contributed by atoms with Crippen LogP contribution in [0, 0.1) is 0 Å². The lowest BCUT2D eigenvalue weighted by Gasteiger charge is -2.20. The Morgan fingerprint density at radius 3 is 1.75 bits per heavy atom. The van der Waals surface area contributed by atoms with E-state index in [1.807, 2.05) is 48.6 Å². The van der Waals surface area contributed by atoms with Crippen molar-refractivity contribution in [2.24, 2.45) is 0 Å². The second kappa shape index (κ2) is 42.8. The Morgan fingerprint density at radius 1 is 0.583 bits per heavy atom. The summed E-state index contributed by atoms with van der Waals surface area (Å²) in [5.74, 6) is -1.05. The van der Waals surface area contributed by atoms with Gasteiger partial charge < -0.3 is 29.7 Å². The molecular formula is C48H81O11P. The number of unbranched alkanes of at least 4 members (excludes halogenated alkanes) is 13. The Balaban J connectivity index is 4.45. The molecule has 0 saturated heterocycles. The van der Waals surface area contributed by atoms with E-state index in [4.69, 9.17) is 19.1 Å². The quantitative estimate of drug-likeness (QED) is 0.0152. The Labute approximate surface area is 363 Å². The van der Waals surface area contributed by atoms with Crippen LogP contribution in [0.15, 0.2) is 85.1 Å². The third-order valence-corrected chi connectivity index (χ3v) is 10.1. The van der Waals surface area contributed by atoms with E-state index in [2.05, 4.69) is 48.8 Å². The SMILES string of the molecule is CC/C=C\CC(O)/C=C/C=C/C/C=C\C/C=C\C/C=C\CCC(=O)O[C@H](COC(=O)CCCCCCCCC/C=C\CCCCCCCC)COP(=O)(O)OC[C@@H](O)CO. The summed E-state index contributed by atoms with van der Waals surface area (Å²) in [6, 6.07) is 0. The minimum Gasteiger partial charge on any atom is -0.462 e. The summed E-state index contributed by atoms with van der Waals surface area (Å²) in [6.07, 6.45) is 47.5. The maximum Gasteiger partial charge on any atom is 0.472 e. The highest BCUT2D eigenvalue weighted by Gasteiger charge is 2.27. The molecule has 0 radical (unpaired) electrons. The smallest absolute Gasteiger partial charge is 0.462 e. The lowest BCUT2D eigenvalue weighted by Crippen LogP contribution is -2.29. The van der Waals surface area contributed by atoms with E-state index in [1.165, 1.54) is 64.2 Å². The number of aliphatic hydroxyl groups excluding tert-OH is 3. The summed E-state index contributed by atoms with van der Waals surface area (Å²) < 4.78 is 32.6. The molecule has 0 heterocycles. The molecule has 0 aliphatic heterocycles.